The number of nitrogens with one attached hydrogen (secondary N) is 1. The van der Waals surface area contributed by atoms with Gasteiger partial charge in [-0.3, -0.25) is 4.90 Å². The predicted molar refractivity (Wildman–Crippen MR) is 107 cm³/mol. The summed E-state index contributed by atoms with van der Waals surface area (Å²) >= 11 is 9.00. The van der Waals surface area contributed by atoms with Gasteiger partial charge in [0.25, 0.3) is 0 Å². The fourth-order valence-corrected chi connectivity index (χ4v) is 4.69. The van der Waals surface area contributed by atoms with Crippen LogP contribution in [-0.4, -0.2) is 37.9 Å². The highest BCUT2D eigenvalue weighted by Gasteiger charge is 2.17. The third-order valence-electron chi connectivity index (χ3n) is 4.48. The van der Waals surface area contributed by atoms with Crippen molar-refractivity contribution in [3.05, 3.63) is 57.3 Å². The molecule has 0 bridgehead atoms. The Morgan fingerprint density at radius 1 is 1.23 bits per heavy atom. The van der Waals surface area contributed by atoms with Crippen LogP contribution in [-0.2, 0) is 23.0 Å². The Kier molecular flexibility index (Phi) is 6.69. The molecule has 1 N–H and O–H groups in total. The quantitative estimate of drug-likeness (QED) is 0.508. The van der Waals surface area contributed by atoms with Gasteiger partial charge in [-0.2, -0.15) is 0 Å². The van der Waals surface area contributed by atoms with Crippen molar-refractivity contribution in [3.63, 3.8) is 0 Å². The number of hydrogen-bond donors (Lipinski definition) is 1. The molecule has 1 aliphatic heterocycles. The third kappa shape index (κ3) is 5.04. The Morgan fingerprint density at radius 2 is 2.00 bits per heavy atom. The van der Waals surface area contributed by atoms with Crippen LogP contribution in [0.2, 0.25) is 5.15 Å². The summed E-state index contributed by atoms with van der Waals surface area (Å²) in [7, 11) is -3.56. The molecule has 3 rings (SSSR count). The van der Waals surface area contributed by atoms with Crippen LogP contribution in [0.5, 0.6) is 0 Å². The SMILES string of the molecule is O=S(=O)(NCCCCN1CCc2ccccc2C1)c1cnc(Cl)c(Br)c1. The molecule has 0 unspecified atom stereocenters. The fourth-order valence-electron chi connectivity index (χ4n) is 3.05. The van der Waals surface area contributed by atoms with E-state index in [9.17, 15) is 8.42 Å². The maximum absolute atomic E-state index is 12.3. The molecule has 1 aromatic heterocycles. The molecule has 8 heteroatoms. The van der Waals surface area contributed by atoms with Gasteiger partial charge in [0.05, 0.1) is 4.47 Å². The van der Waals surface area contributed by atoms with Gasteiger partial charge in [0, 0.05) is 25.8 Å². The van der Waals surface area contributed by atoms with Crippen LogP contribution in [0.3, 0.4) is 0 Å². The van der Waals surface area contributed by atoms with E-state index < -0.39 is 10.0 Å². The lowest BCUT2D eigenvalue weighted by Gasteiger charge is -2.28. The van der Waals surface area contributed by atoms with E-state index in [-0.39, 0.29) is 10.0 Å². The Bertz CT molecular complexity index is 876. The van der Waals surface area contributed by atoms with Crippen molar-refractivity contribution in [2.24, 2.45) is 0 Å². The van der Waals surface area contributed by atoms with Crippen molar-refractivity contribution >= 4 is 37.6 Å². The smallest absolute Gasteiger partial charge is 0.242 e. The first kappa shape index (κ1) is 19.8. The van der Waals surface area contributed by atoms with Crippen molar-refractivity contribution in [1.82, 2.24) is 14.6 Å². The monoisotopic (exact) mass is 457 g/mol. The van der Waals surface area contributed by atoms with Crippen molar-refractivity contribution in [2.75, 3.05) is 19.6 Å². The second kappa shape index (κ2) is 8.80. The van der Waals surface area contributed by atoms with Gasteiger partial charge in [-0.25, -0.2) is 18.1 Å². The van der Waals surface area contributed by atoms with Crippen molar-refractivity contribution in [3.8, 4) is 0 Å². The van der Waals surface area contributed by atoms with Gasteiger partial charge in [0.1, 0.15) is 10.0 Å². The summed E-state index contributed by atoms with van der Waals surface area (Å²) in [5, 5.41) is 0.243. The van der Waals surface area contributed by atoms with Crippen LogP contribution < -0.4 is 4.72 Å². The van der Waals surface area contributed by atoms with Gasteiger partial charge in [-0.1, -0.05) is 35.9 Å². The highest BCUT2D eigenvalue weighted by atomic mass is 79.9. The summed E-state index contributed by atoms with van der Waals surface area (Å²) in [5.74, 6) is 0. The molecule has 0 saturated heterocycles. The first-order chi connectivity index (χ1) is 12.5. The zero-order chi connectivity index (χ0) is 18.6. The van der Waals surface area contributed by atoms with E-state index in [0.29, 0.717) is 11.0 Å². The van der Waals surface area contributed by atoms with E-state index in [1.165, 1.54) is 23.4 Å². The topological polar surface area (TPSA) is 62.3 Å². The first-order valence-corrected chi connectivity index (χ1v) is 11.2. The summed E-state index contributed by atoms with van der Waals surface area (Å²) in [5.41, 5.74) is 2.85. The number of pyridine rings is 1. The highest BCUT2D eigenvalue weighted by Crippen LogP contribution is 2.22. The van der Waals surface area contributed by atoms with Crippen molar-refractivity contribution in [1.29, 1.82) is 0 Å². The van der Waals surface area contributed by atoms with Crippen LogP contribution in [0.25, 0.3) is 0 Å². The van der Waals surface area contributed by atoms with Crippen LogP contribution in [0, 0.1) is 0 Å². The molecule has 0 amide bonds. The number of sulfonamides is 1. The zero-order valence-corrected chi connectivity index (χ0v) is 17.4. The van der Waals surface area contributed by atoms with E-state index in [2.05, 4.69) is 54.8 Å². The number of fused-ring (bicyclic) bond motifs is 1. The summed E-state index contributed by atoms with van der Waals surface area (Å²) in [4.78, 5) is 6.40. The lowest BCUT2D eigenvalue weighted by atomic mass is 10.00. The minimum absolute atomic E-state index is 0.112. The van der Waals surface area contributed by atoms with Crippen LogP contribution in [0.15, 0.2) is 45.9 Å². The summed E-state index contributed by atoms with van der Waals surface area (Å²) in [6.07, 6.45) is 4.09. The third-order valence-corrected chi connectivity index (χ3v) is 7.05. The van der Waals surface area contributed by atoms with Crippen molar-refractivity contribution in [2.45, 2.75) is 30.7 Å². The Labute approximate surface area is 167 Å². The summed E-state index contributed by atoms with van der Waals surface area (Å²) in [6.45, 7) is 3.43. The van der Waals surface area contributed by atoms with E-state index in [0.717, 1.165) is 38.9 Å². The van der Waals surface area contributed by atoms with E-state index in [1.807, 2.05) is 0 Å². The van der Waals surface area contributed by atoms with Crippen LogP contribution >= 0.6 is 27.5 Å². The standard InChI is InChI=1S/C18H21BrClN3O2S/c19-17-11-16(12-21-18(17)20)26(24,25)22-8-3-4-9-23-10-7-14-5-1-2-6-15(14)13-23/h1-2,5-6,11-12,22H,3-4,7-10,13H2. The van der Waals surface area contributed by atoms with Gasteiger partial charge < -0.3 is 0 Å². The molecule has 5 nitrogen and oxygen atoms in total. The molecule has 0 saturated carbocycles. The van der Waals surface area contributed by atoms with Gasteiger partial charge in [0.15, 0.2) is 0 Å². The van der Waals surface area contributed by atoms with E-state index in [1.54, 1.807) is 0 Å². The fraction of sp³-hybridized carbons (Fsp3) is 0.389. The number of halogens is 2. The summed E-state index contributed by atoms with van der Waals surface area (Å²) < 4.78 is 27.6. The molecule has 2 heterocycles. The molecule has 0 spiro atoms. The van der Waals surface area contributed by atoms with Gasteiger partial charge >= 0.3 is 0 Å². The zero-order valence-electron chi connectivity index (χ0n) is 14.3. The predicted octanol–water partition coefficient (Wildman–Crippen LogP) is 3.61. The van der Waals surface area contributed by atoms with Crippen molar-refractivity contribution < 1.29 is 8.42 Å². The average molecular weight is 459 g/mol. The molecular weight excluding hydrogens is 438 g/mol. The molecule has 0 aliphatic carbocycles. The number of hydrogen-bond acceptors (Lipinski definition) is 4. The molecule has 0 fully saturated rings. The number of benzene rings is 1. The van der Waals surface area contributed by atoms with E-state index in [4.69, 9.17) is 11.6 Å². The second-order valence-electron chi connectivity index (χ2n) is 6.34. The maximum Gasteiger partial charge on any atom is 0.242 e. The lowest BCUT2D eigenvalue weighted by molar-refractivity contribution is 0.249. The van der Waals surface area contributed by atoms with Gasteiger partial charge in [-0.15, -0.1) is 0 Å². The lowest BCUT2D eigenvalue weighted by Crippen LogP contribution is -2.32. The number of aromatic nitrogens is 1. The van der Waals surface area contributed by atoms with Crippen LogP contribution in [0.1, 0.15) is 24.0 Å². The molecule has 1 aromatic carbocycles. The minimum Gasteiger partial charge on any atom is -0.299 e. The highest BCUT2D eigenvalue weighted by molar-refractivity contribution is 9.10. The molecule has 0 atom stereocenters. The molecule has 26 heavy (non-hydrogen) atoms. The molecule has 1 aliphatic rings. The normalized spacial score (nSPS) is 15.0. The Morgan fingerprint density at radius 3 is 2.77 bits per heavy atom. The number of rotatable bonds is 7. The minimum atomic E-state index is -3.56. The molecule has 0 radical (unpaired) electrons. The number of unbranched alkanes of at least 4 members (excludes halogenated alkanes) is 1. The van der Waals surface area contributed by atoms with Gasteiger partial charge in [0.2, 0.25) is 10.0 Å². The number of nitrogens with zero attached hydrogens (tertiary/aromatic N) is 2. The largest absolute Gasteiger partial charge is 0.299 e. The Hall–Kier alpha value is -0.990. The summed E-state index contributed by atoms with van der Waals surface area (Å²) in [6, 6.07) is 10.0. The molecular formula is C18H21BrClN3O2S. The van der Waals surface area contributed by atoms with Crippen LogP contribution in [0.4, 0.5) is 0 Å². The second-order valence-corrected chi connectivity index (χ2v) is 9.32. The first-order valence-electron chi connectivity index (χ1n) is 8.55. The molecule has 140 valence electrons. The Balaban J connectivity index is 1.42. The molecule has 2 aromatic rings. The average Bonchev–Trinajstić information content (AvgIpc) is 2.63. The van der Waals surface area contributed by atoms with Gasteiger partial charge in [-0.05, 0) is 58.9 Å². The van der Waals surface area contributed by atoms with E-state index >= 15 is 0 Å². The maximum atomic E-state index is 12.3.